The summed E-state index contributed by atoms with van der Waals surface area (Å²) in [6, 6.07) is 7.88. The van der Waals surface area contributed by atoms with Crippen molar-refractivity contribution in [1.82, 2.24) is 10.6 Å². The maximum absolute atomic E-state index is 12.1. The molecule has 0 saturated heterocycles. The average Bonchev–Trinajstić information content (AvgIpc) is 2.59. The SMILES string of the molecule is CC(C)COc1ccccc1CNC(=O)NC1CCC(CO)CC1. The van der Waals surface area contributed by atoms with E-state index in [2.05, 4.69) is 24.5 Å². The van der Waals surface area contributed by atoms with E-state index < -0.39 is 0 Å². The Hall–Kier alpha value is -1.75. The van der Waals surface area contributed by atoms with E-state index in [9.17, 15) is 4.79 Å². The minimum atomic E-state index is -0.138. The predicted molar refractivity (Wildman–Crippen MR) is 95.0 cm³/mol. The summed E-state index contributed by atoms with van der Waals surface area (Å²) in [7, 11) is 0. The smallest absolute Gasteiger partial charge is 0.315 e. The summed E-state index contributed by atoms with van der Waals surface area (Å²) in [5.41, 5.74) is 0.984. The molecule has 0 spiro atoms. The molecule has 2 amide bonds. The van der Waals surface area contributed by atoms with Gasteiger partial charge in [-0.3, -0.25) is 0 Å². The van der Waals surface area contributed by atoms with Crippen molar-refractivity contribution in [2.45, 2.75) is 52.1 Å². The molecule has 1 aliphatic rings. The van der Waals surface area contributed by atoms with Crippen molar-refractivity contribution >= 4 is 6.03 Å². The summed E-state index contributed by atoms with van der Waals surface area (Å²) in [6.45, 7) is 5.59. The standard InChI is InChI=1S/C19H30N2O3/c1-14(2)13-24-18-6-4-3-5-16(18)11-20-19(23)21-17-9-7-15(12-22)8-10-17/h3-6,14-15,17,22H,7-13H2,1-2H3,(H2,20,21,23). The molecule has 0 unspecified atom stereocenters. The Balaban J connectivity index is 1.77. The molecule has 0 atom stereocenters. The molecular formula is C19H30N2O3. The molecule has 3 N–H and O–H groups in total. The van der Waals surface area contributed by atoms with Crippen molar-refractivity contribution < 1.29 is 14.6 Å². The Morgan fingerprint density at radius 1 is 1.25 bits per heavy atom. The summed E-state index contributed by atoms with van der Waals surface area (Å²) in [5, 5.41) is 15.1. The number of para-hydroxylation sites is 1. The topological polar surface area (TPSA) is 70.6 Å². The fourth-order valence-corrected chi connectivity index (χ4v) is 2.95. The molecule has 24 heavy (non-hydrogen) atoms. The van der Waals surface area contributed by atoms with Crippen molar-refractivity contribution in [1.29, 1.82) is 0 Å². The van der Waals surface area contributed by atoms with E-state index in [0.29, 0.717) is 25.0 Å². The summed E-state index contributed by atoms with van der Waals surface area (Å²) in [5.74, 6) is 1.69. The third kappa shape index (κ3) is 6.04. The van der Waals surface area contributed by atoms with E-state index in [-0.39, 0.29) is 18.7 Å². The van der Waals surface area contributed by atoms with E-state index in [0.717, 1.165) is 37.0 Å². The second-order valence-electron chi connectivity index (χ2n) is 7.04. The Morgan fingerprint density at radius 3 is 2.62 bits per heavy atom. The lowest BCUT2D eigenvalue weighted by molar-refractivity contribution is 0.174. The van der Waals surface area contributed by atoms with Crippen LogP contribution in [0.15, 0.2) is 24.3 Å². The van der Waals surface area contributed by atoms with Crippen LogP contribution >= 0.6 is 0 Å². The molecule has 0 radical (unpaired) electrons. The molecule has 1 aliphatic carbocycles. The van der Waals surface area contributed by atoms with Gasteiger partial charge in [0.1, 0.15) is 5.75 Å². The highest BCUT2D eigenvalue weighted by Gasteiger charge is 2.21. The molecule has 1 fully saturated rings. The Morgan fingerprint density at radius 2 is 1.96 bits per heavy atom. The number of hydrogen-bond donors (Lipinski definition) is 3. The van der Waals surface area contributed by atoms with Gasteiger partial charge in [-0.15, -0.1) is 0 Å². The van der Waals surface area contributed by atoms with Crippen LogP contribution in [0, 0.1) is 11.8 Å². The third-order valence-corrected chi connectivity index (χ3v) is 4.42. The summed E-state index contributed by atoms with van der Waals surface area (Å²) >= 11 is 0. The third-order valence-electron chi connectivity index (χ3n) is 4.42. The number of carbonyl (C=O) groups is 1. The Bertz CT molecular complexity index is 511. The van der Waals surface area contributed by atoms with Gasteiger partial charge in [-0.2, -0.15) is 0 Å². The fraction of sp³-hybridized carbons (Fsp3) is 0.632. The lowest BCUT2D eigenvalue weighted by Gasteiger charge is -2.28. The highest BCUT2D eigenvalue weighted by molar-refractivity contribution is 5.74. The van der Waals surface area contributed by atoms with Crippen LogP contribution in [0.4, 0.5) is 4.79 Å². The minimum absolute atomic E-state index is 0.138. The number of hydrogen-bond acceptors (Lipinski definition) is 3. The predicted octanol–water partition coefficient (Wildman–Crippen LogP) is 3.07. The molecule has 0 heterocycles. The van der Waals surface area contributed by atoms with Crippen LogP contribution in [-0.4, -0.2) is 30.4 Å². The van der Waals surface area contributed by atoms with Crippen molar-refractivity contribution in [3.8, 4) is 5.75 Å². The summed E-state index contributed by atoms with van der Waals surface area (Å²) in [6.07, 6.45) is 3.83. The zero-order chi connectivity index (χ0) is 17.4. The van der Waals surface area contributed by atoms with Crippen molar-refractivity contribution in [2.24, 2.45) is 11.8 Å². The van der Waals surface area contributed by atoms with Gasteiger partial charge in [-0.05, 0) is 43.6 Å². The van der Waals surface area contributed by atoms with E-state index in [1.54, 1.807) is 0 Å². The first-order valence-corrected chi connectivity index (χ1v) is 8.94. The number of benzene rings is 1. The number of carbonyl (C=O) groups excluding carboxylic acids is 1. The van der Waals surface area contributed by atoms with E-state index in [4.69, 9.17) is 9.84 Å². The number of ether oxygens (including phenoxy) is 1. The number of aliphatic hydroxyl groups excluding tert-OH is 1. The van der Waals surface area contributed by atoms with Gasteiger partial charge in [0, 0.05) is 24.8 Å². The van der Waals surface area contributed by atoms with Crippen LogP contribution in [0.5, 0.6) is 5.75 Å². The van der Waals surface area contributed by atoms with E-state index in [1.807, 2.05) is 24.3 Å². The molecule has 0 bridgehead atoms. The number of aliphatic hydroxyl groups is 1. The van der Waals surface area contributed by atoms with Crippen molar-refractivity contribution in [2.75, 3.05) is 13.2 Å². The van der Waals surface area contributed by atoms with Crippen molar-refractivity contribution in [3.63, 3.8) is 0 Å². The van der Waals surface area contributed by atoms with Gasteiger partial charge >= 0.3 is 6.03 Å². The number of rotatable bonds is 7. The maximum atomic E-state index is 12.1. The highest BCUT2D eigenvalue weighted by Crippen LogP contribution is 2.23. The van der Waals surface area contributed by atoms with Crippen LogP contribution in [0.1, 0.15) is 45.1 Å². The average molecular weight is 334 g/mol. The van der Waals surface area contributed by atoms with Gasteiger partial charge in [-0.25, -0.2) is 4.79 Å². The minimum Gasteiger partial charge on any atom is -0.493 e. The van der Waals surface area contributed by atoms with Crippen LogP contribution in [0.3, 0.4) is 0 Å². The van der Waals surface area contributed by atoms with Crippen LogP contribution in [-0.2, 0) is 6.54 Å². The van der Waals surface area contributed by atoms with Gasteiger partial charge in [0.15, 0.2) is 0 Å². The van der Waals surface area contributed by atoms with Gasteiger partial charge in [0.2, 0.25) is 0 Å². The molecule has 1 aromatic rings. The first-order valence-electron chi connectivity index (χ1n) is 8.94. The first kappa shape index (κ1) is 18.6. The molecule has 0 aromatic heterocycles. The van der Waals surface area contributed by atoms with Crippen molar-refractivity contribution in [3.05, 3.63) is 29.8 Å². The summed E-state index contributed by atoms with van der Waals surface area (Å²) in [4.78, 5) is 12.1. The summed E-state index contributed by atoms with van der Waals surface area (Å²) < 4.78 is 5.81. The zero-order valence-corrected chi connectivity index (χ0v) is 14.8. The second kappa shape index (κ2) is 9.52. The maximum Gasteiger partial charge on any atom is 0.315 e. The second-order valence-corrected chi connectivity index (χ2v) is 7.04. The molecular weight excluding hydrogens is 304 g/mol. The first-order chi connectivity index (χ1) is 11.6. The number of nitrogens with one attached hydrogen (secondary N) is 2. The largest absolute Gasteiger partial charge is 0.493 e. The lowest BCUT2D eigenvalue weighted by atomic mass is 9.87. The quantitative estimate of drug-likeness (QED) is 0.718. The molecule has 5 nitrogen and oxygen atoms in total. The molecule has 134 valence electrons. The van der Waals surface area contributed by atoms with E-state index >= 15 is 0 Å². The van der Waals surface area contributed by atoms with Crippen LogP contribution in [0.25, 0.3) is 0 Å². The highest BCUT2D eigenvalue weighted by atomic mass is 16.5. The number of urea groups is 1. The molecule has 5 heteroatoms. The Labute approximate surface area is 144 Å². The molecule has 0 aliphatic heterocycles. The fourth-order valence-electron chi connectivity index (χ4n) is 2.95. The monoisotopic (exact) mass is 334 g/mol. The van der Waals surface area contributed by atoms with Crippen LogP contribution in [0.2, 0.25) is 0 Å². The number of amides is 2. The zero-order valence-electron chi connectivity index (χ0n) is 14.8. The van der Waals surface area contributed by atoms with E-state index in [1.165, 1.54) is 0 Å². The molecule has 1 aromatic carbocycles. The Kier molecular flexibility index (Phi) is 7.37. The lowest BCUT2D eigenvalue weighted by Crippen LogP contribution is -2.43. The van der Waals surface area contributed by atoms with Gasteiger partial charge in [0.05, 0.1) is 6.61 Å². The molecule has 1 saturated carbocycles. The van der Waals surface area contributed by atoms with Gasteiger partial charge in [0.25, 0.3) is 0 Å². The van der Waals surface area contributed by atoms with Gasteiger partial charge in [-0.1, -0.05) is 32.0 Å². The van der Waals surface area contributed by atoms with Crippen LogP contribution < -0.4 is 15.4 Å². The molecule has 2 rings (SSSR count). The normalized spacial score (nSPS) is 20.7. The van der Waals surface area contributed by atoms with Gasteiger partial charge < -0.3 is 20.5 Å².